The van der Waals surface area contributed by atoms with Crippen LogP contribution in [0.3, 0.4) is 0 Å². The fourth-order valence-corrected chi connectivity index (χ4v) is 4.65. The molecule has 4 nitrogen and oxygen atoms in total. The molecule has 0 saturated carbocycles. The Morgan fingerprint density at radius 2 is 1.89 bits per heavy atom. The predicted octanol–water partition coefficient (Wildman–Crippen LogP) is 5.07. The number of hydrogen-bond donors (Lipinski definition) is 2. The van der Waals surface area contributed by atoms with Gasteiger partial charge in [-0.1, -0.05) is 36.8 Å². The maximum atomic E-state index is 13.4. The van der Waals surface area contributed by atoms with Crippen molar-refractivity contribution >= 4 is 48.2 Å². The lowest BCUT2D eigenvalue weighted by molar-refractivity contribution is 0.651. The molecule has 0 amide bonds. The van der Waals surface area contributed by atoms with E-state index in [2.05, 4.69) is 23.6 Å². The highest BCUT2D eigenvalue weighted by Crippen LogP contribution is 2.34. The van der Waals surface area contributed by atoms with Gasteiger partial charge in [-0.05, 0) is 51.1 Å². The minimum atomic E-state index is 0.0960. The summed E-state index contributed by atoms with van der Waals surface area (Å²) >= 11 is 1.65. The molecule has 0 radical (unpaired) electrons. The van der Waals surface area contributed by atoms with Crippen molar-refractivity contribution in [1.82, 2.24) is 10.3 Å². The van der Waals surface area contributed by atoms with E-state index in [0.29, 0.717) is 0 Å². The summed E-state index contributed by atoms with van der Waals surface area (Å²) in [6.07, 6.45) is 2.16. The molecule has 0 saturated heterocycles. The Labute approximate surface area is 168 Å². The minimum Gasteiger partial charge on any atom is -0.369 e. The number of aromatic nitrogens is 1. The van der Waals surface area contributed by atoms with Crippen LogP contribution in [0, 0.1) is 6.92 Å². The number of nitrogens with zero attached hydrogens (tertiary/aromatic N) is 1. The Morgan fingerprint density at radius 3 is 2.75 bits per heavy atom. The minimum absolute atomic E-state index is 0.0960. The number of para-hydroxylation sites is 1. The monoisotopic (exact) mass is 391 g/mol. The number of rotatable bonds is 7. The van der Waals surface area contributed by atoms with Gasteiger partial charge in [0.15, 0.2) is 5.43 Å². The van der Waals surface area contributed by atoms with Crippen molar-refractivity contribution in [2.75, 3.05) is 25.0 Å². The van der Waals surface area contributed by atoms with Crippen molar-refractivity contribution in [3.8, 4) is 0 Å². The average Bonchev–Trinajstić information content (AvgIpc) is 2.71. The molecule has 2 N–H and O–H groups in total. The van der Waals surface area contributed by atoms with E-state index in [0.717, 1.165) is 74.9 Å². The second-order valence-electron chi connectivity index (χ2n) is 7.14. The number of pyridine rings is 1. The topological polar surface area (TPSA) is 54.0 Å². The van der Waals surface area contributed by atoms with E-state index >= 15 is 0 Å². The van der Waals surface area contributed by atoms with Gasteiger partial charge in [0, 0.05) is 22.0 Å². The number of hydrogen-bond acceptors (Lipinski definition) is 5. The van der Waals surface area contributed by atoms with E-state index in [9.17, 15) is 4.79 Å². The second-order valence-corrected chi connectivity index (χ2v) is 8.20. The molecule has 0 unspecified atom stereocenters. The van der Waals surface area contributed by atoms with Gasteiger partial charge in [-0.3, -0.25) is 4.79 Å². The molecule has 144 valence electrons. The Balaban J connectivity index is 1.83. The summed E-state index contributed by atoms with van der Waals surface area (Å²) in [5.74, 6) is 0.814. The van der Waals surface area contributed by atoms with E-state index in [4.69, 9.17) is 4.98 Å². The van der Waals surface area contributed by atoms with Crippen LogP contribution in [0.2, 0.25) is 0 Å². The summed E-state index contributed by atoms with van der Waals surface area (Å²) in [5.41, 5.74) is 2.06. The van der Waals surface area contributed by atoms with Gasteiger partial charge in [-0.2, -0.15) is 0 Å². The fraction of sp³-hybridized carbons (Fsp3) is 0.304. The molecule has 0 aliphatic rings. The van der Waals surface area contributed by atoms with Crippen molar-refractivity contribution in [2.24, 2.45) is 0 Å². The third-order valence-electron chi connectivity index (χ3n) is 4.92. The van der Waals surface area contributed by atoms with Gasteiger partial charge in [0.1, 0.15) is 5.82 Å². The molecule has 0 bridgehead atoms. The zero-order valence-electron chi connectivity index (χ0n) is 16.3. The molecule has 0 spiro atoms. The zero-order chi connectivity index (χ0) is 19.5. The van der Waals surface area contributed by atoms with Gasteiger partial charge in [-0.25, -0.2) is 4.98 Å². The van der Waals surface area contributed by atoms with Crippen molar-refractivity contribution in [1.29, 1.82) is 0 Å². The smallest absolute Gasteiger partial charge is 0.196 e. The molecule has 0 fully saturated rings. The predicted molar refractivity (Wildman–Crippen MR) is 122 cm³/mol. The first-order valence-corrected chi connectivity index (χ1v) is 10.7. The number of benzene rings is 2. The van der Waals surface area contributed by atoms with Gasteiger partial charge in [-0.15, -0.1) is 11.3 Å². The van der Waals surface area contributed by atoms with Gasteiger partial charge < -0.3 is 10.6 Å². The summed E-state index contributed by atoms with van der Waals surface area (Å²) in [6.45, 7) is 7.04. The first-order chi connectivity index (χ1) is 13.7. The summed E-state index contributed by atoms with van der Waals surface area (Å²) in [5, 5.41) is 9.40. The quantitative estimate of drug-likeness (QED) is 0.262. The Morgan fingerprint density at radius 1 is 1.04 bits per heavy atom. The third kappa shape index (κ3) is 3.60. The Kier molecular flexibility index (Phi) is 5.55. The van der Waals surface area contributed by atoms with E-state index < -0.39 is 0 Å². The SMILES string of the molecule is CCCNCCCNc1nc2ccccc2c2c(=O)c3cc(C)ccc3sc12. The van der Waals surface area contributed by atoms with Gasteiger partial charge in [0.2, 0.25) is 0 Å². The molecule has 2 heterocycles. The highest BCUT2D eigenvalue weighted by Gasteiger charge is 2.14. The summed E-state index contributed by atoms with van der Waals surface area (Å²) in [6, 6.07) is 14.0. The zero-order valence-corrected chi connectivity index (χ0v) is 17.2. The van der Waals surface area contributed by atoms with Gasteiger partial charge in [0.05, 0.1) is 15.6 Å². The summed E-state index contributed by atoms with van der Waals surface area (Å²) in [4.78, 5) is 18.2. The van der Waals surface area contributed by atoms with Gasteiger partial charge >= 0.3 is 0 Å². The van der Waals surface area contributed by atoms with Crippen LogP contribution in [0.1, 0.15) is 25.3 Å². The van der Waals surface area contributed by atoms with Crippen LogP contribution in [0.15, 0.2) is 47.3 Å². The molecule has 0 aliphatic heterocycles. The normalized spacial score (nSPS) is 11.5. The van der Waals surface area contributed by atoms with Crippen LogP contribution in [0.25, 0.3) is 31.1 Å². The van der Waals surface area contributed by atoms with Crippen molar-refractivity contribution in [2.45, 2.75) is 26.7 Å². The summed E-state index contributed by atoms with van der Waals surface area (Å²) < 4.78 is 1.95. The number of anilines is 1. The maximum absolute atomic E-state index is 13.4. The van der Waals surface area contributed by atoms with Crippen LogP contribution in [0.4, 0.5) is 5.82 Å². The standard InChI is InChI=1S/C23H25N3OS/c1-3-11-24-12-6-13-25-23-22-20(16-7-4-5-8-18(16)26-23)21(27)17-14-15(2)9-10-19(17)28-22/h4-5,7-10,14,24H,3,6,11-13H2,1-2H3,(H,25,26). The highest BCUT2D eigenvalue weighted by atomic mass is 32.1. The number of aryl methyl sites for hydroxylation is 1. The van der Waals surface area contributed by atoms with E-state index in [1.165, 1.54) is 0 Å². The maximum Gasteiger partial charge on any atom is 0.196 e. The molecule has 5 heteroatoms. The Hall–Kier alpha value is -2.50. The average molecular weight is 392 g/mol. The fourth-order valence-electron chi connectivity index (χ4n) is 3.52. The highest BCUT2D eigenvalue weighted by molar-refractivity contribution is 7.25. The molecular weight excluding hydrogens is 366 g/mol. The van der Waals surface area contributed by atoms with Crippen LogP contribution in [0.5, 0.6) is 0 Å². The van der Waals surface area contributed by atoms with Crippen LogP contribution >= 0.6 is 11.3 Å². The van der Waals surface area contributed by atoms with Crippen LogP contribution in [-0.4, -0.2) is 24.6 Å². The largest absolute Gasteiger partial charge is 0.369 e. The lowest BCUT2D eigenvalue weighted by atomic mass is 10.1. The molecule has 2 aromatic carbocycles. The molecular formula is C23H25N3OS. The van der Waals surface area contributed by atoms with Crippen LogP contribution in [-0.2, 0) is 0 Å². The molecule has 0 atom stereocenters. The van der Waals surface area contributed by atoms with Gasteiger partial charge in [0.25, 0.3) is 0 Å². The lowest BCUT2D eigenvalue weighted by Crippen LogP contribution is -2.19. The Bertz CT molecular complexity index is 1200. The molecule has 4 rings (SSSR count). The molecule has 4 aromatic rings. The number of nitrogens with one attached hydrogen (secondary N) is 2. The van der Waals surface area contributed by atoms with E-state index in [1.807, 2.05) is 43.3 Å². The van der Waals surface area contributed by atoms with Crippen LogP contribution < -0.4 is 16.1 Å². The van der Waals surface area contributed by atoms with Crippen molar-refractivity contribution in [3.05, 3.63) is 58.3 Å². The summed E-state index contributed by atoms with van der Waals surface area (Å²) in [7, 11) is 0. The molecule has 28 heavy (non-hydrogen) atoms. The number of fused-ring (bicyclic) bond motifs is 4. The van der Waals surface area contributed by atoms with Crippen molar-refractivity contribution < 1.29 is 0 Å². The molecule has 2 aromatic heterocycles. The first kappa shape index (κ1) is 18.8. The third-order valence-corrected chi connectivity index (χ3v) is 6.09. The second kappa shape index (κ2) is 8.25. The van der Waals surface area contributed by atoms with E-state index in [1.54, 1.807) is 11.3 Å². The van der Waals surface area contributed by atoms with E-state index in [-0.39, 0.29) is 5.43 Å². The van der Waals surface area contributed by atoms with Crippen molar-refractivity contribution in [3.63, 3.8) is 0 Å². The molecule has 0 aliphatic carbocycles. The lowest BCUT2D eigenvalue weighted by Gasteiger charge is -2.12. The first-order valence-electron chi connectivity index (χ1n) is 9.89.